The summed E-state index contributed by atoms with van der Waals surface area (Å²) < 4.78 is 0. The van der Waals surface area contributed by atoms with E-state index in [4.69, 9.17) is 5.11 Å². The van der Waals surface area contributed by atoms with Crippen molar-refractivity contribution >= 4 is 11.9 Å². The lowest BCUT2D eigenvalue weighted by atomic mass is 9.82. The largest absolute Gasteiger partial charge is 0.481 e. The average Bonchev–Trinajstić information content (AvgIpc) is 2.40. The van der Waals surface area contributed by atoms with Gasteiger partial charge in [0.15, 0.2) is 0 Å². The van der Waals surface area contributed by atoms with Gasteiger partial charge in [0.05, 0.1) is 5.92 Å². The van der Waals surface area contributed by atoms with Gasteiger partial charge in [0, 0.05) is 39.6 Å². The van der Waals surface area contributed by atoms with Crippen molar-refractivity contribution in [1.29, 1.82) is 0 Å². The van der Waals surface area contributed by atoms with Gasteiger partial charge in [-0.1, -0.05) is 0 Å². The number of piperazine rings is 1. The van der Waals surface area contributed by atoms with Crippen LogP contribution in [0.25, 0.3) is 0 Å². The molecule has 2 fully saturated rings. The second kappa shape index (κ2) is 6.37. The first-order valence-corrected chi connectivity index (χ1v) is 7.27. The van der Waals surface area contributed by atoms with Gasteiger partial charge in [-0.15, -0.1) is 0 Å². The second-order valence-electron chi connectivity index (χ2n) is 5.86. The minimum atomic E-state index is -0.631. The fraction of sp³-hybridized carbons (Fsp3) is 0.857. The van der Waals surface area contributed by atoms with Crippen molar-refractivity contribution in [3.63, 3.8) is 0 Å². The second-order valence-corrected chi connectivity index (χ2v) is 5.86. The quantitative estimate of drug-likeness (QED) is 0.831. The Balaban J connectivity index is 1.69. The predicted molar refractivity (Wildman–Crippen MR) is 71.8 cm³/mol. The van der Waals surface area contributed by atoms with Crippen molar-refractivity contribution < 1.29 is 14.7 Å². The number of nitrogens with zero attached hydrogens (tertiary/aromatic N) is 2. The summed E-state index contributed by atoms with van der Waals surface area (Å²) in [4.78, 5) is 26.5. The zero-order valence-corrected chi connectivity index (χ0v) is 11.7. The number of aliphatic carboxylic acids is 1. The first-order valence-electron chi connectivity index (χ1n) is 7.27. The number of carboxylic acids is 1. The Labute approximate surface area is 114 Å². The topological polar surface area (TPSA) is 60.9 Å². The minimum Gasteiger partial charge on any atom is -0.481 e. The van der Waals surface area contributed by atoms with Gasteiger partial charge in [-0.2, -0.15) is 0 Å². The first kappa shape index (κ1) is 14.3. The van der Waals surface area contributed by atoms with Crippen LogP contribution in [0.2, 0.25) is 0 Å². The Bertz CT molecular complexity index is 298. The van der Waals surface area contributed by atoms with Crippen LogP contribution in [0.4, 0.5) is 0 Å². The molecule has 0 aromatic rings. The van der Waals surface area contributed by atoms with E-state index in [0.29, 0.717) is 5.92 Å². The van der Waals surface area contributed by atoms with Crippen LogP contribution in [0.5, 0.6) is 0 Å². The van der Waals surface area contributed by atoms with Crippen molar-refractivity contribution in [2.75, 3.05) is 32.7 Å². The Hall–Kier alpha value is -1.10. The highest BCUT2D eigenvalue weighted by Gasteiger charge is 2.28. The molecule has 0 spiro atoms. The van der Waals surface area contributed by atoms with E-state index in [-0.39, 0.29) is 11.8 Å². The number of carbonyl (C=O) groups excluding carboxylic acids is 1. The maximum absolute atomic E-state index is 11.2. The summed E-state index contributed by atoms with van der Waals surface area (Å²) in [6, 6.07) is 0. The molecule has 5 heteroatoms. The van der Waals surface area contributed by atoms with E-state index >= 15 is 0 Å². The van der Waals surface area contributed by atoms with Crippen LogP contribution in [0.15, 0.2) is 0 Å². The first-order chi connectivity index (χ1) is 9.06. The number of hydrogen-bond donors (Lipinski definition) is 1. The molecule has 1 saturated heterocycles. The van der Waals surface area contributed by atoms with Crippen molar-refractivity contribution in [1.82, 2.24) is 9.80 Å². The molecule has 1 aliphatic heterocycles. The Morgan fingerprint density at radius 2 is 1.63 bits per heavy atom. The lowest BCUT2D eigenvalue weighted by Gasteiger charge is -2.37. The molecule has 1 saturated carbocycles. The Morgan fingerprint density at radius 1 is 1.05 bits per heavy atom. The molecule has 1 amide bonds. The summed E-state index contributed by atoms with van der Waals surface area (Å²) in [5, 5.41) is 8.98. The summed E-state index contributed by atoms with van der Waals surface area (Å²) in [6.45, 7) is 6.28. The third-order valence-corrected chi connectivity index (χ3v) is 4.53. The van der Waals surface area contributed by atoms with E-state index in [2.05, 4.69) is 4.90 Å². The van der Waals surface area contributed by atoms with Crippen molar-refractivity contribution in [3.8, 4) is 0 Å². The van der Waals surface area contributed by atoms with Crippen LogP contribution in [-0.2, 0) is 9.59 Å². The summed E-state index contributed by atoms with van der Waals surface area (Å²) in [7, 11) is 0. The lowest BCUT2D eigenvalue weighted by Crippen LogP contribution is -2.49. The normalized spacial score (nSPS) is 29.2. The van der Waals surface area contributed by atoms with E-state index in [1.165, 1.54) is 0 Å². The van der Waals surface area contributed by atoms with Gasteiger partial charge in [0.25, 0.3) is 0 Å². The highest BCUT2D eigenvalue weighted by Crippen LogP contribution is 2.29. The Kier molecular flexibility index (Phi) is 4.80. The average molecular weight is 268 g/mol. The number of rotatable bonds is 3. The molecular formula is C14H24N2O3. The zero-order valence-electron chi connectivity index (χ0n) is 11.7. The summed E-state index contributed by atoms with van der Waals surface area (Å²) in [5.41, 5.74) is 0. The molecule has 108 valence electrons. The lowest BCUT2D eigenvalue weighted by molar-refractivity contribution is -0.143. The van der Waals surface area contributed by atoms with Gasteiger partial charge in [-0.3, -0.25) is 14.5 Å². The van der Waals surface area contributed by atoms with Gasteiger partial charge in [-0.05, 0) is 31.6 Å². The van der Waals surface area contributed by atoms with Crippen LogP contribution in [0, 0.1) is 11.8 Å². The smallest absolute Gasteiger partial charge is 0.306 e. The molecule has 2 aliphatic rings. The maximum Gasteiger partial charge on any atom is 0.306 e. The summed E-state index contributed by atoms with van der Waals surface area (Å²) >= 11 is 0. The molecular weight excluding hydrogens is 244 g/mol. The van der Waals surface area contributed by atoms with Crippen LogP contribution in [0.1, 0.15) is 32.6 Å². The van der Waals surface area contributed by atoms with Gasteiger partial charge in [0.1, 0.15) is 0 Å². The van der Waals surface area contributed by atoms with Gasteiger partial charge < -0.3 is 10.0 Å². The highest BCUT2D eigenvalue weighted by atomic mass is 16.4. The molecule has 0 atom stereocenters. The fourth-order valence-corrected chi connectivity index (χ4v) is 3.20. The molecule has 0 bridgehead atoms. The highest BCUT2D eigenvalue weighted by molar-refractivity contribution is 5.73. The number of amides is 1. The van der Waals surface area contributed by atoms with Crippen molar-refractivity contribution in [2.24, 2.45) is 11.8 Å². The molecule has 0 aromatic carbocycles. The van der Waals surface area contributed by atoms with Crippen LogP contribution in [0.3, 0.4) is 0 Å². The molecule has 5 nitrogen and oxygen atoms in total. The zero-order chi connectivity index (χ0) is 13.8. The minimum absolute atomic E-state index is 0.120. The SMILES string of the molecule is CC(=O)N1CCN(CC2CCC(C(=O)O)CC2)CC1. The molecule has 2 rings (SSSR count). The third kappa shape index (κ3) is 3.93. The molecule has 0 aromatic heterocycles. The van der Waals surface area contributed by atoms with E-state index in [9.17, 15) is 9.59 Å². The van der Waals surface area contributed by atoms with Gasteiger partial charge >= 0.3 is 5.97 Å². The molecule has 0 unspecified atom stereocenters. The monoisotopic (exact) mass is 268 g/mol. The van der Waals surface area contributed by atoms with Gasteiger partial charge in [-0.25, -0.2) is 0 Å². The van der Waals surface area contributed by atoms with Gasteiger partial charge in [0.2, 0.25) is 5.91 Å². The van der Waals surface area contributed by atoms with E-state index in [1.807, 2.05) is 4.90 Å². The predicted octanol–water partition coefficient (Wildman–Crippen LogP) is 1.04. The molecule has 19 heavy (non-hydrogen) atoms. The number of carboxylic acid groups (broad SMARTS) is 1. The van der Waals surface area contributed by atoms with E-state index in [1.54, 1.807) is 6.92 Å². The van der Waals surface area contributed by atoms with Crippen molar-refractivity contribution in [3.05, 3.63) is 0 Å². The van der Waals surface area contributed by atoms with E-state index in [0.717, 1.165) is 58.4 Å². The molecule has 0 radical (unpaired) electrons. The maximum atomic E-state index is 11.2. The molecule has 1 heterocycles. The van der Waals surface area contributed by atoms with Crippen LogP contribution in [-0.4, -0.2) is 59.5 Å². The van der Waals surface area contributed by atoms with E-state index < -0.39 is 5.97 Å². The number of hydrogen-bond acceptors (Lipinski definition) is 3. The number of carbonyl (C=O) groups is 2. The summed E-state index contributed by atoms with van der Waals surface area (Å²) in [6.07, 6.45) is 3.72. The Morgan fingerprint density at radius 3 is 2.11 bits per heavy atom. The standard InChI is InChI=1S/C14H24N2O3/c1-11(17)16-8-6-15(7-9-16)10-12-2-4-13(5-3-12)14(18)19/h12-13H,2-10H2,1H3,(H,18,19). The van der Waals surface area contributed by atoms with Crippen LogP contribution >= 0.6 is 0 Å². The third-order valence-electron chi connectivity index (χ3n) is 4.53. The van der Waals surface area contributed by atoms with Crippen LogP contribution < -0.4 is 0 Å². The summed E-state index contributed by atoms with van der Waals surface area (Å²) in [5.74, 6) is 0.0560. The van der Waals surface area contributed by atoms with Crippen molar-refractivity contribution in [2.45, 2.75) is 32.6 Å². The molecule has 1 aliphatic carbocycles. The fourth-order valence-electron chi connectivity index (χ4n) is 3.20. The molecule has 1 N–H and O–H groups in total.